The third-order valence-corrected chi connectivity index (χ3v) is 4.22. The molecule has 1 fully saturated rings. The number of carbonyl (C=O) groups excluding carboxylic acids is 1. The summed E-state index contributed by atoms with van der Waals surface area (Å²) in [6, 6.07) is 9.67. The van der Waals surface area contributed by atoms with E-state index in [4.69, 9.17) is 18.0 Å². The lowest BCUT2D eigenvalue weighted by atomic mass is 10.0. The van der Waals surface area contributed by atoms with Gasteiger partial charge in [0.1, 0.15) is 5.82 Å². The number of likely N-dealkylation sites (tertiary alicyclic amines) is 1. The van der Waals surface area contributed by atoms with Crippen LogP contribution in [0.15, 0.2) is 36.4 Å². The molecular weight excluding hydrogens is 287 g/mol. The van der Waals surface area contributed by atoms with Crippen LogP contribution in [-0.2, 0) is 0 Å². The summed E-state index contributed by atoms with van der Waals surface area (Å²) in [6.07, 6.45) is 1.67. The summed E-state index contributed by atoms with van der Waals surface area (Å²) in [5, 5.41) is 1.07. The summed E-state index contributed by atoms with van der Waals surface area (Å²) in [5.41, 5.74) is 6.21. The Hall–Kier alpha value is -2.01. The Labute approximate surface area is 127 Å². The molecule has 3 rings (SSSR count). The third kappa shape index (κ3) is 2.38. The van der Waals surface area contributed by atoms with Gasteiger partial charge in [-0.3, -0.25) is 4.79 Å². The Morgan fingerprint density at radius 1 is 1.24 bits per heavy atom. The second kappa shape index (κ2) is 5.41. The average molecular weight is 302 g/mol. The van der Waals surface area contributed by atoms with Crippen LogP contribution in [0.2, 0.25) is 0 Å². The first-order chi connectivity index (χ1) is 10.1. The molecule has 0 aromatic heterocycles. The van der Waals surface area contributed by atoms with Crippen molar-refractivity contribution in [2.45, 2.75) is 18.9 Å². The molecule has 1 heterocycles. The average Bonchev–Trinajstić information content (AvgIpc) is 2.97. The number of halogens is 1. The number of thiocarbonyl (C=S) groups is 1. The molecule has 0 spiro atoms. The van der Waals surface area contributed by atoms with Crippen molar-refractivity contribution < 1.29 is 9.18 Å². The van der Waals surface area contributed by atoms with Crippen LogP contribution < -0.4 is 5.73 Å². The first-order valence-corrected chi connectivity index (χ1v) is 7.28. The van der Waals surface area contributed by atoms with Crippen LogP contribution in [-0.4, -0.2) is 28.4 Å². The smallest absolute Gasteiger partial charge is 0.255 e. The monoisotopic (exact) mass is 302 g/mol. The number of hydrogen-bond acceptors (Lipinski definition) is 2. The number of hydrogen-bond donors (Lipinski definition) is 1. The van der Waals surface area contributed by atoms with Crippen molar-refractivity contribution in [1.82, 2.24) is 4.90 Å². The van der Waals surface area contributed by atoms with Crippen molar-refractivity contribution in [3.8, 4) is 0 Å². The summed E-state index contributed by atoms with van der Waals surface area (Å²) in [4.78, 5) is 14.8. The molecular formula is C16H15FN2OS. The van der Waals surface area contributed by atoms with Crippen LogP contribution in [0, 0.1) is 5.82 Å². The van der Waals surface area contributed by atoms with Gasteiger partial charge in [0.05, 0.1) is 11.0 Å². The number of fused-ring (bicyclic) bond motifs is 1. The SMILES string of the molecule is NC(=S)C1CCCN1C(=O)c1ccc(F)c2ccccc12. The van der Waals surface area contributed by atoms with Gasteiger partial charge in [0.25, 0.3) is 5.91 Å². The quantitative estimate of drug-likeness (QED) is 0.868. The van der Waals surface area contributed by atoms with Crippen LogP contribution in [0.3, 0.4) is 0 Å². The predicted octanol–water partition coefficient (Wildman–Crippen LogP) is 2.87. The van der Waals surface area contributed by atoms with Gasteiger partial charge in [0.2, 0.25) is 0 Å². The minimum Gasteiger partial charge on any atom is -0.392 e. The van der Waals surface area contributed by atoms with Gasteiger partial charge in [-0.05, 0) is 30.4 Å². The maximum atomic E-state index is 13.8. The Morgan fingerprint density at radius 3 is 2.67 bits per heavy atom. The van der Waals surface area contributed by atoms with Crippen molar-refractivity contribution in [3.63, 3.8) is 0 Å². The maximum absolute atomic E-state index is 13.8. The summed E-state index contributed by atoms with van der Waals surface area (Å²) in [5.74, 6) is -0.462. The highest BCUT2D eigenvalue weighted by Crippen LogP contribution is 2.26. The van der Waals surface area contributed by atoms with Crippen LogP contribution in [0.4, 0.5) is 4.39 Å². The number of amides is 1. The van der Waals surface area contributed by atoms with E-state index in [1.165, 1.54) is 12.1 Å². The van der Waals surface area contributed by atoms with E-state index in [0.29, 0.717) is 27.9 Å². The van der Waals surface area contributed by atoms with Crippen molar-refractivity contribution in [3.05, 3.63) is 47.8 Å². The molecule has 3 nitrogen and oxygen atoms in total. The van der Waals surface area contributed by atoms with Gasteiger partial charge in [0.15, 0.2) is 0 Å². The molecule has 2 aromatic rings. The van der Waals surface area contributed by atoms with Gasteiger partial charge in [-0.25, -0.2) is 4.39 Å². The van der Waals surface area contributed by atoms with Gasteiger partial charge < -0.3 is 10.6 Å². The number of nitrogens with two attached hydrogens (primary N) is 1. The lowest BCUT2D eigenvalue weighted by molar-refractivity contribution is 0.0772. The molecule has 2 N–H and O–H groups in total. The Balaban J connectivity index is 2.06. The zero-order valence-electron chi connectivity index (χ0n) is 11.4. The number of rotatable bonds is 2. The topological polar surface area (TPSA) is 46.3 Å². The van der Waals surface area contributed by atoms with E-state index in [0.717, 1.165) is 12.8 Å². The molecule has 1 amide bonds. The lowest BCUT2D eigenvalue weighted by Gasteiger charge is -2.24. The minimum absolute atomic E-state index is 0.137. The highest BCUT2D eigenvalue weighted by Gasteiger charge is 2.31. The first-order valence-electron chi connectivity index (χ1n) is 6.87. The molecule has 1 unspecified atom stereocenters. The molecule has 2 aromatic carbocycles. The van der Waals surface area contributed by atoms with E-state index in [2.05, 4.69) is 0 Å². The highest BCUT2D eigenvalue weighted by atomic mass is 32.1. The molecule has 0 saturated carbocycles. The van der Waals surface area contributed by atoms with Crippen molar-refractivity contribution in [2.24, 2.45) is 5.73 Å². The van der Waals surface area contributed by atoms with E-state index in [1.807, 2.05) is 0 Å². The van der Waals surface area contributed by atoms with E-state index in [9.17, 15) is 9.18 Å². The molecule has 0 radical (unpaired) electrons. The number of benzene rings is 2. The van der Waals surface area contributed by atoms with Gasteiger partial charge >= 0.3 is 0 Å². The lowest BCUT2D eigenvalue weighted by Crippen LogP contribution is -2.42. The zero-order valence-corrected chi connectivity index (χ0v) is 12.2. The second-order valence-electron chi connectivity index (χ2n) is 5.20. The Bertz CT molecular complexity index is 731. The van der Waals surface area contributed by atoms with E-state index in [-0.39, 0.29) is 17.8 Å². The van der Waals surface area contributed by atoms with Crippen LogP contribution in [0.25, 0.3) is 10.8 Å². The summed E-state index contributed by atoms with van der Waals surface area (Å²) in [7, 11) is 0. The normalized spacial score (nSPS) is 18.1. The van der Waals surface area contributed by atoms with Crippen LogP contribution in [0.5, 0.6) is 0 Å². The molecule has 5 heteroatoms. The van der Waals surface area contributed by atoms with Crippen molar-refractivity contribution in [2.75, 3.05) is 6.54 Å². The molecule has 108 valence electrons. The Morgan fingerprint density at radius 2 is 1.95 bits per heavy atom. The van der Waals surface area contributed by atoms with Gasteiger partial charge in [-0.15, -0.1) is 0 Å². The second-order valence-corrected chi connectivity index (χ2v) is 5.67. The fraction of sp³-hybridized carbons (Fsp3) is 0.250. The fourth-order valence-corrected chi connectivity index (χ4v) is 3.15. The molecule has 1 atom stereocenters. The molecule has 1 aliphatic rings. The molecule has 0 bridgehead atoms. The van der Waals surface area contributed by atoms with Crippen molar-refractivity contribution >= 4 is 33.9 Å². The standard InChI is InChI=1S/C16H15FN2OS/c17-13-8-7-12(10-4-1-2-5-11(10)13)16(20)19-9-3-6-14(19)15(18)21/h1-2,4-5,7-8,14H,3,6,9H2,(H2,18,21). The van der Waals surface area contributed by atoms with Crippen molar-refractivity contribution in [1.29, 1.82) is 0 Å². The van der Waals surface area contributed by atoms with Gasteiger partial charge in [-0.2, -0.15) is 0 Å². The Kier molecular flexibility index (Phi) is 3.59. The molecule has 21 heavy (non-hydrogen) atoms. The maximum Gasteiger partial charge on any atom is 0.255 e. The van der Waals surface area contributed by atoms with Gasteiger partial charge in [-0.1, -0.05) is 36.5 Å². The molecule has 0 aliphatic carbocycles. The van der Waals surface area contributed by atoms with E-state index < -0.39 is 0 Å². The third-order valence-electron chi connectivity index (χ3n) is 3.94. The van der Waals surface area contributed by atoms with Crippen LogP contribution >= 0.6 is 12.2 Å². The van der Waals surface area contributed by atoms with Crippen LogP contribution in [0.1, 0.15) is 23.2 Å². The number of carbonyl (C=O) groups is 1. The number of nitrogens with zero attached hydrogens (tertiary/aromatic N) is 1. The van der Waals surface area contributed by atoms with E-state index >= 15 is 0 Å². The summed E-state index contributed by atoms with van der Waals surface area (Å²) < 4.78 is 13.8. The predicted molar refractivity (Wildman–Crippen MR) is 84.7 cm³/mol. The molecule has 1 aliphatic heterocycles. The first kappa shape index (κ1) is 13.9. The summed E-state index contributed by atoms with van der Waals surface area (Å²) >= 11 is 5.04. The van der Waals surface area contributed by atoms with Gasteiger partial charge in [0, 0.05) is 17.5 Å². The minimum atomic E-state index is -0.325. The molecule has 1 saturated heterocycles. The summed E-state index contributed by atoms with van der Waals surface area (Å²) in [6.45, 7) is 0.631. The highest BCUT2D eigenvalue weighted by molar-refractivity contribution is 7.80. The zero-order chi connectivity index (χ0) is 15.0. The largest absolute Gasteiger partial charge is 0.392 e. The van der Waals surface area contributed by atoms with E-state index in [1.54, 1.807) is 29.2 Å². The fourth-order valence-electron chi connectivity index (χ4n) is 2.91.